The summed E-state index contributed by atoms with van der Waals surface area (Å²) in [5.74, 6) is 0.360. The summed E-state index contributed by atoms with van der Waals surface area (Å²) in [6.07, 6.45) is 0. The molecule has 1 aromatic rings. The molecule has 0 aliphatic carbocycles. The number of hydrogen-bond donors (Lipinski definition) is 1. The Balaban J connectivity index is 2.69. The van der Waals surface area contributed by atoms with E-state index in [2.05, 4.69) is 12.2 Å². The minimum absolute atomic E-state index is 0.109. The molecule has 0 saturated heterocycles. The Hall–Kier alpha value is -1.62. The van der Waals surface area contributed by atoms with E-state index < -0.39 is 0 Å². The van der Waals surface area contributed by atoms with Crippen LogP contribution in [0.2, 0.25) is 0 Å². The molecule has 0 aliphatic rings. The third-order valence-electron chi connectivity index (χ3n) is 2.52. The van der Waals surface area contributed by atoms with E-state index in [0.29, 0.717) is 12.5 Å². The second-order valence-corrected chi connectivity index (χ2v) is 4.20. The number of nitro benzene ring substituents is 1. The van der Waals surface area contributed by atoms with Gasteiger partial charge in [-0.3, -0.25) is 10.1 Å². The average molecular weight is 238 g/mol. The van der Waals surface area contributed by atoms with Crippen molar-refractivity contribution in [2.75, 3.05) is 25.6 Å². The molecule has 5 nitrogen and oxygen atoms in total. The van der Waals surface area contributed by atoms with Gasteiger partial charge in [0.15, 0.2) is 0 Å². The van der Waals surface area contributed by atoms with Crippen molar-refractivity contribution in [1.29, 1.82) is 0 Å². The molecule has 0 saturated carbocycles. The molecular weight excluding hydrogens is 220 g/mol. The summed E-state index contributed by atoms with van der Waals surface area (Å²) in [7, 11) is 1.66. The minimum Gasteiger partial charge on any atom is -0.384 e. The van der Waals surface area contributed by atoms with Crippen molar-refractivity contribution in [1.82, 2.24) is 0 Å². The first kappa shape index (κ1) is 13.4. The van der Waals surface area contributed by atoms with Gasteiger partial charge in [0.1, 0.15) is 0 Å². The van der Waals surface area contributed by atoms with Crippen LogP contribution >= 0.6 is 0 Å². The number of methoxy groups -OCH3 is 1. The molecule has 0 amide bonds. The molecular formula is C12H18N2O3. The van der Waals surface area contributed by atoms with Gasteiger partial charge in [-0.15, -0.1) is 0 Å². The van der Waals surface area contributed by atoms with E-state index in [0.717, 1.165) is 17.8 Å². The molecule has 0 radical (unpaired) electrons. The summed E-state index contributed by atoms with van der Waals surface area (Å²) < 4.78 is 5.04. The highest BCUT2D eigenvalue weighted by Gasteiger charge is 2.09. The quantitative estimate of drug-likeness (QED) is 0.611. The zero-order valence-electron chi connectivity index (χ0n) is 10.4. The lowest BCUT2D eigenvalue weighted by atomic mass is 10.1. The molecule has 0 aromatic heterocycles. The number of benzene rings is 1. The first-order chi connectivity index (χ1) is 8.04. The van der Waals surface area contributed by atoms with Crippen LogP contribution in [-0.2, 0) is 4.74 Å². The van der Waals surface area contributed by atoms with Crippen LogP contribution in [0.15, 0.2) is 18.2 Å². The number of aryl methyl sites for hydroxylation is 1. The molecule has 0 spiro atoms. The lowest BCUT2D eigenvalue weighted by molar-refractivity contribution is -0.384. The maximum absolute atomic E-state index is 10.7. The van der Waals surface area contributed by atoms with Crippen molar-refractivity contribution in [3.63, 3.8) is 0 Å². The molecule has 94 valence electrons. The second-order valence-electron chi connectivity index (χ2n) is 4.20. The van der Waals surface area contributed by atoms with Crippen molar-refractivity contribution in [2.45, 2.75) is 13.8 Å². The zero-order chi connectivity index (χ0) is 12.8. The van der Waals surface area contributed by atoms with Gasteiger partial charge in [0, 0.05) is 31.5 Å². The predicted octanol–water partition coefficient (Wildman–Crippen LogP) is 2.60. The molecule has 0 heterocycles. The van der Waals surface area contributed by atoms with Crippen LogP contribution < -0.4 is 5.32 Å². The summed E-state index contributed by atoms with van der Waals surface area (Å²) in [4.78, 5) is 10.3. The van der Waals surface area contributed by atoms with E-state index in [9.17, 15) is 10.1 Å². The van der Waals surface area contributed by atoms with Crippen LogP contribution in [0.4, 0.5) is 11.4 Å². The standard InChI is InChI=1S/C12H18N2O3/c1-9(8-17-3)7-13-12-6-11(14(15)16)5-4-10(12)2/h4-6,9,13H,7-8H2,1-3H3. The van der Waals surface area contributed by atoms with Gasteiger partial charge in [0.05, 0.1) is 11.5 Å². The highest BCUT2D eigenvalue weighted by Crippen LogP contribution is 2.21. The SMILES string of the molecule is COCC(C)CNc1cc([N+](=O)[O-])ccc1C. The maximum atomic E-state index is 10.7. The summed E-state index contributed by atoms with van der Waals surface area (Å²) >= 11 is 0. The number of rotatable bonds is 6. The second kappa shape index (κ2) is 6.20. The van der Waals surface area contributed by atoms with Crippen molar-refractivity contribution in [3.8, 4) is 0 Å². The average Bonchev–Trinajstić information content (AvgIpc) is 2.28. The van der Waals surface area contributed by atoms with E-state index in [4.69, 9.17) is 4.74 Å². The number of ether oxygens (including phenoxy) is 1. The molecule has 1 N–H and O–H groups in total. The van der Waals surface area contributed by atoms with E-state index in [1.807, 2.05) is 6.92 Å². The summed E-state index contributed by atoms with van der Waals surface area (Å²) in [5, 5.41) is 13.9. The molecule has 0 aliphatic heterocycles. The molecule has 5 heteroatoms. The van der Waals surface area contributed by atoms with Crippen LogP contribution in [0.5, 0.6) is 0 Å². The largest absolute Gasteiger partial charge is 0.384 e. The summed E-state index contributed by atoms with van der Waals surface area (Å²) in [6, 6.07) is 4.83. The predicted molar refractivity (Wildman–Crippen MR) is 67.4 cm³/mol. The number of nitrogens with zero attached hydrogens (tertiary/aromatic N) is 1. The molecule has 17 heavy (non-hydrogen) atoms. The first-order valence-corrected chi connectivity index (χ1v) is 5.52. The molecule has 0 bridgehead atoms. The molecule has 1 unspecified atom stereocenters. The van der Waals surface area contributed by atoms with Crippen molar-refractivity contribution < 1.29 is 9.66 Å². The van der Waals surface area contributed by atoms with Gasteiger partial charge >= 0.3 is 0 Å². The van der Waals surface area contributed by atoms with Crippen LogP contribution in [0.3, 0.4) is 0 Å². The van der Waals surface area contributed by atoms with Crippen LogP contribution in [0, 0.1) is 23.0 Å². The fourth-order valence-electron chi connectivity index (χ4n) is 1.54. The Labute approximate surface area is 101 Å². The minimum atomic E-state index is -0.386. The van der Waals surface area contributed by atoms with Gasteiger partial charge < -0.3 is 10.1 Å². The smallest absolute Gasteiger partial charge is 0.271 e. The van der Waals surface area contributed by atoms with Gasteiger partial charge in [-0.1, -0.05) is 13.0 Å². The molecule has 1 rings (SSSR count). The van der Waals surface area contributed by atoms with Crippen LogP contribution in [0.1, 0.15) is 12.5 Å². The first-order valence-electron chi connectivity index (χ1n) is 5.52. The van der Waals surface area contributed by atoms with Gasteiger partial charge in [0.25, 0.3) is 5.69 Å². The lowest BCUT2D eigenvalue weighted by Crippen LogP contribution is -2.16. The number of hydrogen-bond acceptors (Lipinski definition) is 4. The van der Waals surface area contributed by atoms with Gasteiger partial charge in [-0.05, 0) is 18.4 Å². The summed E-state index contributed by atoms with van der Waals surface area (Å²) in [6.45, 7) is 5.38. The van der Waals surface area contributed by atoms with E-state index in [-0.39, 0.29) is 10.6 Å². The Kier molecular flexibility index (Phi) is 4.90. The van der Waals surface area contributed by atoms with Crippen LogP contribution in [0.25, 0.3) is 0 Å². The van der Waals surface area contributed by atoms with Crippen molar-refractivity contribution in [3.05, 3.63) is 33.9 Å². The highest BCUT2D eigenvalue weighted by atomic mass is 16.6. The van der Waals surface area contributed by atoms with Crippen molar-refractivity contribution in [2.24, 2.45) is 5.92 Å². The fourth-order valence-corrected chi connectivity index (χ4v) is 1.54. The van der Waals surface area contributed by atoms with Gasteiger partial charge in [0.2, 0.25) is 0 Å². The number of anilines is 1. The molecule has 1 aromatic carbocycles. The van der Waals surface area contributed by atoms with E-state index >= 15 is 0 Å². The number of nitro groups is 1. The topological polar surface area (TPSA) is 64.4 Å². The number of nitrogens with one attached hydrogen (secondary N) is 1. The van der Waals surface area contributed by atoms with Crippen molar-refractivity contribution >= 4 is 11.4 Å². The highest BCUT2D eigenvalue weighted by molar-refractivity contribution is 5.56. The maximum Gasteiger partial charge on any atom is 0.271 e. The molecule has 0 fully saturated rings. The zero-order valence-corrected chi connectivity index (χ0v) is 10.4. The molecule has 1 atom stereocenters. The Bertz CT molecular complexity index is 393. The summed E-state index contributed by atoms with van der Waals surface area (Å²) in [5.41, 5.74) is 1.92. The van der Waals surface area contributed by atoms with Gasteiger partial charge in [-0.2, -0.15) is 0 Å². The fraction of sp³-hybridized carbons (Fsp3) is 0.500. The monoisotopic (exact) mass is 238 g/mol. The van der Waals surface area contributed by atoms with Gasteiger partial charge in [-0.25, -0.2) is 0 Å². The third kappa shape index (κ3) is 4.03. The lowest BCUT2D eigenvalue weighted by Gasteiger charge is -2.14. The van der Waals surface area contributed by atoms with E-state index in [1.165, 1.54) is 6.07 Å². The number of non-ortho nitro benzene ring substituents is 1. The Morgan fingerprint density at radius 3 is 2.82 bits per heavy atom. The van der Waals surface area contributed by atoms with Crippen LogP contribution in [-0.4, -0.2) is 25.2 Å². The normalized spacial score (nSPS) is 12.2. The Morgan fingerprint density at radius 1 is 1.53 bits per heavy atom. The van der Waals surface area contributed by atoms with E-state index in [1.54, 1.807) is 19.2 Å². The Morgan fingerprint density at radius 2 is 2.24 bits per heavy atom. The third-order valence-corrected chi connectivity index (χ3v) is 2.52.